The molecule has 0 aromatic heterocycles. The summed E-state index contributed by atoms with van der Waals surface area (Å²) in [7, 11) is 0. The predicted octanol–water partition coefficient (Wildman–Crippen LogP) is -5.54. The molecule has 3 nitrogen and oxygen atoms in total. The van der Waals surface area contributed by atoms with Gasteiger partial charge in [0.2, 0.25) is 0 Å². The zero-order chi connectivity index (χ0) is 7.78. The first kappa shape index (κ1) is 9.14. The van der Waals surface area contributed by atoms with Crippen LogP contribution in [0.25, 0.3) is 0 Å². The first-order chi connectivity index (χ1) is 4.53. The normalized spacial score (nSPS) is 25.5. The molecule has 1 unspecified atom stereocenters. The fraction of sp³-hybridized carbons (Fsp3) is 0.800. The van der Waals surface area contributed by atoms with Crippen LogP contribution >= 0.6 is 0 Å². The number of carbonyl (C=O) groups excluding carboxylic acids is 1. The molecule has 0 bridgehead atoms. The van der Waals surface area contributed by atoms with Crippen LogP contribution in [0.3, 0.4) is 0 Å². The number of hydroxylamine groups is 1. The number of halogens is 2. The number of quaternary nitrogens is 1. The van der Waals surface area contributed by atoms with Gasteiger partial charge in [0.15, 0.2) is 0 Å². The Labute approximate surface area is 77.6 Å². The molecule has 0 spiro atoms. The van der Waals surface area contributed by atoms with Gasteiger partial charge in [-0.25, -0.2) is 0 Å². The van der Waals surface area contributed by atoms with Gasteiger partial charge in [0.05, 0.1) is 0 Å². The first-order valence-corrected chi connectivity index (χ1v) is 11.2. The van der Waals surface area contributed by atoms with Crippen molar-refractivity contribution < 1.29 is 40.9 Å². The van der Waals surface area contributed by atoms with Crippen LogP contribution in [0.1, 0.15) is 13.8 Å². The van der Waals surface area contributed by atoms with Crippen molar-refractivity contribution in [2.45, 2.75) is 13.8 Å². The van der Waals surface area contributed by atoms with Crippen LogP contribution in [-0.2, 0) is 4.79 Å². The number of carbonyl (C=O) groups is 1. The molecular weight excluding hydrogens is 360 g/mol. The van der Waals surface area contributed by atoms with E-state index in [1.807, 2.05) is 6.92 Å². The Morgan fingerprint density at radius 3 is 2.50 bits per heavy atom. The number of rotatable bonds is 3. The third kappa shape index (κ3) is 2.59. The van der Waals surface area contributed by atoms with Crippen LogP contribution < -0.4 is 35.0 Å². The van der Waals surface area contributed by atoms with Crippen LogP contribution in [-0.4, -0.2) is 13.4 Å². The summed E-state index contributed by atoms with van der Waals surface area (Å²) in [6.45, 7) is 4.00. The van der Waals surface area contributed by atoms with Crippen LogP contribution in [0.5, 0.6) is 0 Å². The molecule has 1 atom stereocenters. The molecule has 1 aliphatic rings. The zero-order valence-corrected chi connectivity index (χ0v) is 10.1. The number of Topliss-reactive ketones (excluding diaryl/α,β-unsaturated/α-hetero) is 1. The number of hydrogen-bond donors (Lipinski definition) is 0. The van der Waals surface area contributed by atoms with Crippen molar-refractivity contribution in [2.24, 2.45) is 5.92 Å². The topological polar surface area (TPSA) is 40.1 Å². The third-order valence-electron chi connectivity index (χ3n) is 1.39. The fourth-order valence-electron chi connectivity index (χ4n) is 0.531. The number of hydrogen-bond acceptors (Lipinski definition) is 2. The standard InChI is InChI=1S/C5H9I2NO2/c1-4(5(2)9)3-8(10)6-7-8/h4H,3H2,1-2H3/q-2. The van der Waals surface area contributed by atoms with Crippen molar-refractivity contribution in [3.05, 3.63) is 5.21 Å². The van der Waals surface area contributed by atoms with Gasteiger partial charge in [0.25, 0.3) is 0 Å². The van der Waals surface area contributed by atoms with Gasteiger partial charge in [-0.15, -0.1) is 0 Å². The van der Waals surface area contributed by atoms with Crippen molar-refractivity contribution in [2.75, 3.05) is 6.54 Å². The number of ketones is 1. The second kappa shape index (κ2) is 3.20. The Bertz CT molecular complexity index is 158. The average molecular weight is 369 g/mol. The van der Waals surface area contributed by atoms with E-state index in [4.69, 9.17) is 0 Å². The zero-order valence-electron chi connectivity index (χ0n) is 5.80. The maximum absolute atomic E-state index is 11.2. The van der Waals surface area contributed by atoms with E-state index in [1.165, 1.54) is 0 Å². The molecule has 1 fully saturated rings. The molecular formula is C5H9I2NO2-2. The van der Waals surface area contributed by atoms with E-state index < -0.39 is 0 Å². The molecule has 1 heterocycles. The minimum atomic E-state index is -0.0289. The summed E-state index contributed by atoms with van der Waals surface area (Å²) in [6.07, 6.45) is 0. The summed E-state index contributed by atoms with van der Waals surface area (Å²) in [6, 6.07) is 0. The second-order valence-corrected chi connectivity index (χ2v) is 13.0. The summed E-state index contributed by atoms with van der Waals surface area (Å²) >= 11 is -0.0579. The minimum absolute atomic E-state index is 0.000556. The molecule has 1 rings (SSSR count). The summed E-state index contributed by atoms with van der Waals surface area (Å²) in [5.41, 5.74) is 0. The van der Waals surface area contributed by atoms with Gasteiger partial charge in [-0.3, -0.25) is 0 Å². The molecule has 0 aromatic carbocycles. The van der Waals surface area contributed by atoms with Crippen molar-refractivity contribution >= 4 is 5.78 Å². The SMILES string of the molecule is CC(=O)C(C)C[N+]1([O-])[I-][I-]1. The van der Waals surface area contributed by atoms with Crippen LogP contribution in [0.2, 0.25) is 0 Å². The molecule has 0 radical (unpaired) electrons. The Hall–Kier alpha value is 1.05. The monoisotopic (exact) mass is 369 g/mol. The van der Waals surface area contributed by atoms with Crippen LogP contribution in [0.15, 0.2) is 0 Å². The van der Waals surface area contributed by atoms with Gasteiger partial charge in [-0.1, -0.05) is 0 Å². The van der Waals surface area contributed by atoms with Gasteiger partial charge in [0.1, 0.15) is 0 Å². The van der Waals surface area contributed by atoms with Crippen LogP contribution in [0.4, 0.5) is 0 Å². The van der Waals surface area contributed by atoms with Gasteiger partial charge in [-0.05, 0) is 0 Å². The van der Waals surface area contributed by atoms with Crippen molar-refractivity contribution in [3.63, 3.8) is 0 Å². The van der Waals surface area contributed by atoms with Crippen LogP contribution in [0, 0.1) is 11.1 Å². The van der Waals surface area contributed by atoms with Gasteiger partial charge >= 0.3 is 78.2 Å². The van der Waals surface area contributed by atoms with E-state index in [0.29, 0.717) is 6.54 Å². The summed E-state index contributed by atoms with van der Waals surface area (Å²) in [4.78, 5) is 10.7. The van der Waals surface area contributed by atoms with Gasteiger partial charge < -0.3 is 0 Å². The molecule has 1 aliphatic heterocycles. The van der Waals surface area contributed by atoms with E-state index >= 15 is 0 Å². The number of nitrogens with zero attached hydrogens (tertiary/aromatic N) is 1. The molecule has 0 aromatic rings. The van der Waals surface area contributed by atoms with E-state index in [0.717, 1.165) is 0 Å². The molecule has 10 heavy (non-hydrogen) atoms. The molecule has 1 saturated heterocycles. The summed E-state index contributed by atoms with van der Waals surface area (Å²) in [5, 5.41) is 11.2. The third-order valence-corrected chi connectivity index (χ3v) is 11.3. The molecule has 0 amide bonds. The maximum atomic E-state index is 11.2. The predicted molar refractivity (Wildman–Crippen MR) is 28.3 cm³/mol. The Morgan fingerprint density at radius 2 is 2.20 bits per heavy atom. The van der Waals surface area contributed by atoms with Crippen molar-refractivity contribution in [1.82, 2.24) is 0 Å². The molecule has 5 heteroatoms. The molecule has 0 N–H and O–H groups in total. The summed E-state index contributed by atoms with van der Waals surface area (Å²) < 4.78 is 0.0819. The van der Waals surface area contributed by atoms with E-state index in [1.54, 1.807) is 6.92 Å². The van der Waals surface area contributed by atoms with E-state index in [-0.39, 0.29) is 47.8 Å². The molecule has 0 aliphatic carbocycles. The Kier molecular flexibility index (Phi) is 2.92. The molecule has 62 valence electrons. The Morgan fingerprint density at radius 1 is 1.70 bits per heavy atom. The molecule has 0 saturated carbocycles. The Balaban J connectivity index is 2.31. The summed E-state index contributed by atoms with van der Waals surface area (Å²) in [5.74, 6) is 0.160. The fourth-order valence-corrected chi connectivity index (χ4v) is 5.41. The van der Waals surface area contributed by atoms with E-state index in [9.17, 15) is 10.0 Å². The van der Waals surface area contributed by atoms with E-state index in [2.05, 4.69) is 0 Å². The first-order valence-electron chi connectivity index (χ1n) is 2.96. The average Bonchev–Trinajstić information content (AvgIpc) is 2.47. The van der Waals surface area contributed by atoms with Gasteiger partial charge in [0, 0.05) is 0 Å². The van der Waals surface area contributed by atoms with Gasteiger partial charge in [-0.2, -0.15) is 0 Å². The van der Waals surface area contributed by atoms with Crippen molar-refractivity contribution in [1.29, 1.82) is 0 Å². The second-order valence-electron chi connectivity index (χ2n) is 2.39. The quantitative estimate of drug-likeness (QED) is 0.216. The van der Waals surface area contributed by atoms with Crippen molar-refractivity contribution in [3.8, 4) is 0 Å².